The fraction of sp³-hybridized carbons (Fsp3) is 0. The first kappa shape index (κ1) is 11.8. The SMILES string of the molecule is O=C(Nc1ccc(Br)cc1Br)c1cscn1. The van der Waals surface area contributed by atoms with Crippen molar-refractivity contribution in [2.45, 2.75) is 0 Å². The molecule has 0 bridgehead atoms. The number of thiazole rings is 1. The maximum absolute atomic E-state index is 11.7. The molecule has 3 nitrogen and oxygen atoms in total. The zero-order valence-electron chi connectivity index (χ0n) is 7.91. The molecule has 0 saturated heterocycles. The van der Waals surface area contributed by atoms with E-state index in [1.54, 1.807) is 10.9 Å². The van der Waals surface area contributed by atoms with E-state index in [0.29, 0.717) is 5.69 Å². The topological polar surface area (TPSA) is 42.0 Å². The van der Waals surface area contributed by atoms with Gasteiger partial charge in [0.1, 0.15) is 5.69 Å². The molecule has 1 heterocycles. The van der Waals surface area contributed by atoms with E-state index in [1.807, 2.05) is 18.2 Å². The summed E-state index contributed by atoms with van der Waals surface area (Å²) in [5.74, 6) is -0.204. The van der Waals surface area contributed by atoms with Crippen LogP contribution in [0, 0.1) is 0 Å². The molecule has 1 N–H and O–H groups in total. The van der Waals surface area contributed by atoms with Crippen molar-refractivity contribution in [3.8, 4) is 0 Å². The van der Waals surface area contributed by atoms with E-state index >= 15 is 0 Å². The Morgan fingerprint density at radius 1 is 1.38 bits per heavy atom. The molecule has 1 aromatic heterocycles. The highest BCUT2D eigenvalue weighted by atomic mass is 79.9. The molecule has 0 spiro atoms. The van der Waals surface area contributed by atoms with Crippen LogP contribution in [0.25, 0.3) is 0 Å². The average Bonchev–Trinajstić information content (AvgIpc) is 2.75. The summed E-state index contributed by atoms with van der Waals surface area (Å²) in [4.78, 5) is 15.7. The van der Waals surface area contributed by atoms with Gasteiger partial charge in [-0.2, -0.15) is 0 Å². The van der Waals surface area contributed by atoms with Crippen LogP contribution in [0.2, 0.25) is 0 Å². The van der Waals surface area contributed by atoms with Crippen molar-refractivity contribution in [1.29, 1.82) is 0 Å². The highest BCUT2D eigenvalue weighted by molar-refractivity contribution is 9.11. The number of anilines is 1. The largest absolute Gasteiger partial charge is 0.320 e. The van der Waals surface area contributed by atoms with Crippen LogP contribution in [0.3, 0.4) is 0 Å². The minimum atomic E-state index is -0.204. The van der Waals surface area contributed by atoms with E-state index in [1.165, 1.54) is 11.3 Å². The summed E-state index contributed by atoms with van der Waals surface area (Å²) in [6.45, 7) is 0. The Morgan fingerprint density at radius 2 is 2.19 bits per heavy atom. The number of hydrogen-bond donors (Lipinski definition) is 1. The molecule has 2 aromatic rings. The predicted molar refractivity (Wildman–Crippen MR) is 71.9 cm³/mol. The second-order valence-corrected chi connectivity index (χ2v) is 5.44. The lowest BCUT2D eigenvalue weighted by atomic mass is 10.3. The second-order valence-electron chi connectivity index (χ2n) is 2.95. The van der Waals surface area contributed by atoms with Gasteiger partial charge in [-0.25, -0.2) is 4.98 Å². The molecule has 1 amide bonds. The van der Waals surface area contributed by atoms with E-state index in [-0.39, 0.29) is 5.91 Å². The normalized spacial score (nSPS) is 10.1. The summed E-state index contributed by atoms with van der Waals surface area (Å²) < 4.78 is 1.77. The highest BCUT2D eigenvalue weighted by Crippen LogP contribution is 2.26. The maximum Gasteiger partial charge on any atom is 0.275 e. The van der Waals surface area contributed by atoms with Crippen molar-refractivity contribution >= 4 is 54.8 Å². The average molecular weight is 362 g/mol. The number of aromatic nitrogens is 1. The lowest BCUT2D eigenvalue weighted by Crippen LogP contribution is -2.12. The first-order chi connectivity index (χ1) is 7.66. The first-order valence-corrected chi connectivity index (χ1v) is 6.84. The minimum Gasteiger partial charge on any atom is -0.320 e. The lowest BCUT2D eigenvalue weighted by molar-refractivity contribution is 0.102. The molecule has 0 fully saturated rings. The third-order valence-corrected chi connectivity index (χ3v) is 3.58. The summed E-state index contributed by atoms with van der Waals surface area (Å²) in [5, 5.41) is 4.49. The Kier molecular flexibility index (Phi) is 3.73. The quantitative estimate of drug-likeness (QED) is 0.880. The molecule has 2 rings (SSSR count). The summed E-state index contributed by atoms with van der Waals surface area (Å²) in [7, 11) is 0. The number of rotatable bonds is 2. The van der Waals surface area contributed by atoms with Crippen molar-refractivity contribution < 1.29 is 4.79 Å². The molecule has 0 aliphatic heterocycles. The number of hydrogen-bond acceptors (Lipinski definition) is 3. The molecular formula is C10H6Br2N2OS. The molecule has 16 heavy (non-hydrogen) atoms. The first-order valence-electron chi connectivity index (χ1n) is 4.31. The Hall–Kier alpha value is -0.720. The van der Waals surface area contributed by atoms with Crippen molar-refractivity contribution in [3.05, 3.63) is 43.7 Å². The number of amides is 1. The smallest absolute Gasteiger partial charge is 0.275 e. The predicted octanol–water partition coefficient (Wildman–Crippen LogP) is 3.92. The van der Waals surface area contributed by atoms with Gasteiger partial charge in [-0.15, -0.1) is 11.3 Å². The molecule has 0 aliphatic rings. The van der Waals surface area contributed by atoms with Gasteiger partial charge in [0.2, 0.25) is 0 Å². The van der Waals surface area contributed by atoms with E-state index < -0.39 is 0 Å². The molecule has 0 unspecified atom stereocenters. The molecule has 0 atom stereocenters. The fourth-order valence-corrected chi connectivity index (χ4v) is 2.78. The van der Waals surface area contributed by atoms with Gasteiger partial charge in [-0.1, -0.05) is 15.9 Å². The summed E-state index contributed by atoms with van der Waals surface area (Å²) in [6, 6.07) is 5.55. The van der Waals surface area contributed by atoms with E-state index in [2.05, 4.69) is 42.2 Å². The number of halogens is 2. The van der Waals surface area contributed by atoms with Crippen molar-refractivity contribution in [1.82, 2.24) is 4.98 Å². The Labute approximate surface area is 113 Å². The number of benzene rings is 1. The van der Waals surface area contributed by atoms with Gasteiger partial charge in [0.15, 0.2) is 0 Å². The van der Waals surface area contributed by atoms with Crippen LogP contribution >= 0.6 is 43.2 Å². The minimum absolute atomic E-state index is 0.204. The number of carbonyl (C=O) groups excluding carboxylic acids is 1. The molecular weight excluding hydrogens is 356 g/mol. The maximum atomic E-state index is 11.7. The fourth-order valence-electron chi connectivity index (χ4n) is 1.10. The Bertz CT molecular complexity index is 514. The number of nitrogens with one attached hydrogen (secondary N) is 1. The highest BCUT2D eigenvalue weighted by Gasteiger charge is 2.09. The van der Waals surface area contributed by atoms with Gasteiger partial charge in [-0.3, -0.25) is 4.79 Å². The van der Waals surface area contributed by atoms with Gasteiger partial charge in [0.25, 0.3) is 5.91 Å². The van der Waals surface area contributed by atoms with Gasteiger partial charge in [0, 0.05) is 14.3 Å². The van der Waals surface area contributed by atoms with Crippen molar-refractivity contribution in [2.75, 3.05) is 5.32 Å². The van der Waals surface area contributed by atoms with E-state index in [4.69, 9.17) is 0 Å². The second kappa shape index (κ2) is 5.07. The van der Waals surface area contributed by atoms with Crippen LogP contribution in [-0.4, -0.2) is 10.9 Å². The van der Waals surface area contributed by atoms with Crippen LogP contribution < -0.4 is 5.32 Å². The third kappa shape index (κ3) is 2.69. The summed E-state index contributed by atoms with van der Waals surface area (Å²) in [5.41, 5.74) is 2.78. The van der Waals surface area contributed by atoms with Gasteiger partial charge in [-0.05, 0) is 34.1 Å². The molecule has 1 aromatic carbocycles. The standard InChI is InChI=1S/C10H6Br2N2OS/c11-6-1-2-8(7(12)3-6)14-10(15)9-4-16-5-13-9/h1-5H,(H,14,15). The lowest BCUT2D eigenvalue weighted by Gasteiger charge is -2.05. The number of carbonyl (C=O) groups is 1. The molecule has 0 aliphatic carbocycles. The summed E-state index contributed by atoms with van der Waals surface area (Å²) in [6.07, 6.45) is 0. The van der Waals surface area contributed by atoms with Crippen LogP contribution in [-0.2, 0) is 0 Å². The molecule has 0 radical (unpaired) electrons. The van der Waals surface area contributed by atoms with Crippen molar-refractivity contribution in [3.63, 3.8) is 0 Å². The number of nitrogens with zero attached hydrogens (tertiary/aromatic N) is 1. The molecule has 0 saturated carbocycles. The van der Waals surface area contributed by atoms with E-state index in [0.717, 1.165) is 14.6 Å². The van der Waals surface area contributed by atoms with Gasteiger partial charge >= 0.3 is 0 Å². The Balaban J connectivity index is 2.18. The van der Waals surface area contributed by atoms with E-state index in [9.17, 15) is 4.79 Å². The van der Waals surface area contributed by atoms with Crippen LogP contribution in [0.4, 0.5) is 5.69 Å². The Morgan fingerprint density at radius 3 is 2.81 bits per heavy atom. The van der Waals surface area contributed by atoms with Gasteiger partial charge < -0.3 is 5.32 Å². The third-order valence-electron chi connectivity index (χ3n) is 1.84. The zero-order valence-corrected chi connectivity index (χ0v) is 11.9. The molecule has 82 valence electrons. The summed E-state index contributed by atoms with van der Waals surface area (Å²) >= 11 is 8.12. The van der Waals surface area contributed by atoms with Crippen molar-refractivity contribution in [2.24, 2.45) is 0 Å². The monoisotopic (exact) mass is 360 g/mol. The van der Waals surface area contributed by atoms with Crippen LogP contribution in [0.5, 0.6) is 0 Å². The van der Waals surface area contributed by atoms with Crippen LogP contribution in [0.15, 0.2) is 38.0 Å². The van der Waals surface area contributed by atoms with Crippen LogP contribution in [0.1, 0.15) is 10.5 Å². The zero-order chi connectivity index (χ0) is 11.5. The molecule has 6 heteroatoms. The van der Waals surface area contributed by atoms with Gasteiger partial charge in [0.05, 0.1) is 11.2 Å².